The number of benzene rings is 1. The first-order valence-corrected chi connectivity index (χ1v) is 6.89. The molecule has 1 saturated heterocycles. The van der Waals surface area contributed by atoms with E-state index in [1.807, 2.05) is 0 Å². The summed E-state index contributed by atoms with van der Waals surface area (Å²) in [4.78, 5) is 6.75. The molecule has 1 unspecified atom stereocenters. The van der Waals surface area contributed by atoms with Crippen LogP contribution in [0.1, 0.15) is 18.5 Å². The Morgan fingerprint density at radius 3 is 2.90 bits per heavy atom. The van der Waals surface area contributed by atoms with Crippen molar-refractivity contribution >= 4 is 0 Å². The minimum Gasteiger partial charge on any atom is -0.444 e. The van der Waals surface area contributed by atoms with Crippen LogP contribution in [0.25, 0.3) is 11.5 Å². The van der Waals surface area contributed by atoms with Gasteiger partial charge in [-0.15, -0.1) is 0 Å². The number of halogens is 1. The quantitative estimate of drug-likeness (QED) is 0.934. The average molecular weight is 275 g/mol. The fraction of sp³-hybridized carbons (Fsp3) is 0.400. The number of nitrogens with two attached hydrogens (primary N) is 1. The van der Waals surface area contributed by atoms with Crippen LogP contribution in [0.15, 0.2) is 34.9 Å². The molecule has 1 aromatic heterocycles. The van der Waals surface area contributed by atoms with Gasteiger partial charge in [0.1, 0.15) is 12.1 Å². The zero-order chi connectivity index (χ0) is 13.9. The Morgan fingerprint density at radius 2 is 2.15 bits per heavy atom. The van der Waals surface area contributed by atoms with Crippen LogP contribution in [-0.2, 0) is 6.54 Å². The van der Waals surface area contributed by atoms with E-state index in [-0.39, 0.29) is 11.9 Å². The van der Waals surface area contributed by atoms with Crippen LogP contribution in [0.3, 0.4) is 0 Å². The fourth-order valence-electron chi connectivity index (χ4n) is 2.57. The molecule has 0 amide bonds. The van der Waals surface area contributed by atoms with E-state index in [4.69, 9.17) is 10.2 Å². The van der Waals surface area contributed by atoms with Crippen LogP contribution in [0.4, 0.5) is 4.39 Å². The summed E-state index contributed by atoms with van der Waals surface area (Å²) in [6, 6.07) is 6.40. The van der Waals surface area contributed by atoms with Crippen molar-refractivity contribution in [2.24, 2.45) is 5.73 Å². The number of aromatic nitrogens is 1. The van der Waals surface area contributed by atoms with Gasteiger partial charge in [-0.25, -0.2) is 9.37 Å². The Labute approximate surface area is 117 Å². The van der Waals surface area contributed by atoms with E-state index in [2.05, 4.69) is 9.88 Å². The lowest BCUT2D eigenvalue weighted by molar-refractivity contribution is 0.199. The number of piperidine rings is 1. The second-order valence-electron chi connectivity index (χ2n) is 5.29. The number of nitrogens with zero attached hydrogens (tertiary/aromatic N) is 2. The van der Waals surface area contributed by atoms with E-state index in [0.717, 1.165) is 43.7 Å². The molecule has 3 rings (SSSR count). The maximum absolute atomic E-state index is 12.9. The predicted octanol–water partition coefficient (Wildman–Crippen LogP) is 2.40. The van der Waals surface area contributed by atoms with Crippen molar-refractivity contribution in [3.63, 3.8) is 0 Å². The first-order chi connectivity index (χ1) is 9.70. The third kappa shape index (κ3) is 3.05. The van der Waals surface area contributed by atoms with Crippen LogP contribution >= 0.6 is 0 Å². The molecule has 5 heteroatoms. The molecule has 20 heavy (non-hydrogen) atoms. The van der Waals surface area contributed by atoms with Crippen molar-refractivity contribution in [3.8, 4) is 11.5 Å². The van der Waals surface area contributed by atoms with Crippen LogP contribution in [0.5, 0.6) is 0 Å². The fourth-order valence-corrected chi connectivity index (χ4v) is 2.57. The first-order valence-electron chi connectivity index (χ1n) is 6.89. The Balaban J connectivity index is 1.69. The second kappa shape index (κ2) is 5.73. The molecule has 2 heterocycles. The van der Waals surface area contributed by atoms with E-state index in [1.165, 1.54) is 12.1 Å². The number of hydrogen-bond donors (Lipinski definition) is 1. The molecule has 0 radical (unpaired) electrons. The standard InChI is InChI=1S/C15H18FN3O/c16-12-5-3-11(4-6-12)15-18-14(10-20-15)9-19-7-1-2-13(17)8-19/h3-6,10,13H,1-2,7-9,17H2. The Morgan fingerprint density at radius 1 is 1.35 bits per heavy atom. The Hall–Kier alpha value is -1.72. The van der Waals surface area contributed by atoms with Crippen molar-refractivity contribution < 1.29 is 8.81 Å². The highest BCUT2D eigenvalue weighted by atomic mass is 19.1. The molecule has 2 N–H and O–H groups in total. The number of oxazole rings is 1. The molecule has 0 aliphatic carbocycles. The van der Waals surface area contributed by atoms with Gasteiger partial charge >= 0.3 is 0 Å². The molecule has 0 spiro atoms. The summed E-state index contributed by atoms with van der Waals surface area (Å²) >= 11 is 0. The van der Waals surface area contributed by atoms with E-state index in [0.29, 0.717) is 5.89 Å². The van der Waals surface area contributed by atoms with Crippen molar-refractivity contribution in [1.29, 1.82) is 0 Å². The van der Waals surface area contributed by atoms with E-state index < -0.39 is 0 Å². The first kappa shape index (κ1) is 13.3. The number of rotatable bonds is 3. The molecule has 0 bridgehead atoms. The summed E-state index contributed by atoms with van der Waals surface area (Å²) in [7, 11) is 0. The van der Waals surface area contributed by atoms with Gasteiger partial charge in [-0.05, 0) is 43.7 Å². The molecule has 1 atom stereocenters. The van der Waals surface area contributed by atoms with Crippen LogP contribution in [-0.4, -0.2) is 29.0 Å². The summed E-state index contributed by atoms with van der Waals surface area (Å²) < 4.78 is 18.4. The molecule has 0 saturated carbocycles. The molecule has 1 aromatic carbocycles. The zero-order valence-corrected chi connectivity index (χ0v) is 11.3. The molecular formula is C15H18FN3O. The summed E-state index contributed by atoms with van der Waals surface area (Å²) in [6.07, 6.45) is 3.89. The van der Waals surface area contributed by atoms with Crippen LogP contribution < -0.4 is 5.73 Å². The summed E-state index contributed by atoms with van der Waals surface area (Å²) in [5.41, 5.74) is 7.64. The van der Waals surface area contributed by atoms with Gasteiger partial charge in [0.25, 0.3) is 0 Å². The van der Waals surface area contributed by atoms with Crippen molar-refractivity contribution in [1.82, 2.24) is 9.88 Å². The minimum atomic E-state index is -0.261. The van der Waals surface area contributed by atoms with Gasteiger partial charge in [-0.3, -0.25) is 4.90 Å². The zero-order valence-electron chi connectivity index (χ0n) is 11.3. The highest BCUT2D eigenvalue weighted by Gasteiger charge is 2.18. The smallest absolute Gasteiger partial charge is 0.226 e. The lowest BCUT2D eigenvalue weighted by Crippen LogP contribution is -2.42. The van der Waals surface area contributed by atoms with E-state index in [1.54, 1.807) is 18.4 Å². The molecular weight excluding hydrogens is 257 g/mol. The van der Waals surface area contributed by atoms with Gasteiger partial charge in [-0.2, -0.15) is 0 Å². The Kier molecular flexibility index (Phi) is 3.80. The SMILES string of the molecule is NC1CCCN(Cc2coc(-c3ccc(F)cc3)n2)C1. The average Bonchev–Trinajstić information content (AvgIpc) is 2.88. The maximum atomic E-state index is 12.9. The lowest BCUT2D eigenvalue weighted by Gasteiger charge is -2.29. The Bertz CT molecular complexity index is 567. The van der Waals surface area contributed by atoms with Crippen molar-refractivity contribution in [2.75, 3.05) is 13.1 Å². The number of likely N-dealkylation sites (tertiary alicyclic amines) is 1. The van der Waals surface area contributed by atoms with E-state index in [9.17, 15) is 4.39 Å². The van der Waals surface area contributed by atoms with Gasteiger partial charge in [-0.1, -0.05) is 0 Å². The maximum Gasteiger partial charge on any atom is 0.226 e. The van der Waals surface area contributed by atoms with Crippen LogP contribution in [0.2, 0.25) is 0 Å². The molecule has 1 fully saturated rings. The monoisotopic (exact) mass is 275 g/mol. The normalized spacial score (nSPS) is 20.2. The van der Waals surface area contributed by atoms with Crippen molar-refractivity contribution in [3.05, 3.63) is 42.0 Å². The minimum absolute atomic E-state index is 0.257. The van der Waals surface area contributed by atoms with Crippen molar-refractivity contribution in [2.45, 2.75) is 25.4 Å². The topological polar surface area (TPSA) is 55.3 Å². The van der Waals surface area contributed by atoms with Gasteiger partial charge in [0, 0.05) is 24.7 Å². The molecule has 106 valence electrons. The van der Waals surface area contributed by atoms with Crippen LogP contribution in [0, 0.1) is 5.82 Å². The summed E-state index contributed by atoms with van der Waals surface area (Å²) in [5, 5.41) is 0. The second-order valence-corrected chi connectivity index (χ2v) is 5.29. The molecule has 4 nitrogen and oxygen atoms in total. The van der Waals surface area contributed by atoms with Gasteiger partial charge in [0.05, 0.1) is 5.69 Å². The molecule has 1 aliphatic heterocycles. The lowest BCUT2D eigenvalue weighted by atomic mass is 10.1. The highest BCUT2D eigenvalue weighted by molar-refractivity contribution is 5.52. The summed E-state index contributed by atoms with van der Waals surface area (Å²) in [6.45, 7) is 2.70. The van der Waals surface area contributed by atoms with Gasteiger partial charge < -0.3 is 10.2 Å². The molecule has 1 aliphatic rings. The van der Waals surface area contributed by atoms with E-state index >= 15 is 0 Å². The largest absolute Gasteiger partial charge is 0.444 e. The third-order valence-corrected chi connectivity index (χ3v) is 3.57. The van der Waals surface area contributed by atoms with Gasteiger partial charge in [0.15, 0.2) is 0 Å². The summed E-state index contributed by atoms with van der Waals surface area (Å²) in [5.74, 6) is 0.268. The number of hydrogen-bond acceptors (Lipinski definition) is 4. The predicted molar refractivity (Wildman–Crippen MR) is 74.4 cm³/mol. The highest BCUT2D eigenvalue weighted by Crippen LogP contribution is 2.20. The molecule has 2 aromatic rings. The van der Waals surface area contributed by atoms with Gasteiger partial charge in [0.2, 0.25) is 5.89 Å². The third-order valence-electron chi connectivity index (χ3n) is 3.57.